The molecule has 0 fully saturated rings. The van der Waals surface area contributed by atoms with Gasteiger partial charge in [0, 0.05) is 6.04 Å². The van der Waals surface area contributed by atoms with Crippen LogP contribution in [0.2, 0.25) is 0 Å². The van der Waals surface area contributed by atoms with Gasteiger partial charge in [0.05, 0.1) is 7.11 Å². The second kappa shape index (κ2) is 7.53. The highest BCUT2D eigenvalue weighted by atomic mass is 16.5. The molecule has 0 aliphatic heterocycles. The average molecular weight is 279 g/mol. The number of methoxy groups -OCH3 is 1. The van der Waals surface area contributed by atoms with Crippen LogP contribution in [0.4, 0.5) is 0 Å². The van der Waals surface area contributed by atoms with Crippen molar-refractivity contribution in [1.82, 2.24) is 4.90 Å². The fourth-order valence-electron chi connectivity index (χ4n) is 1.70. The molecule has 110 valence electrons. The predicted octanol–water partition coefficient (Wildman–Crippen LogP) is 1.78. The summed E-state index contributed by atoms with van der Waals surface area (Å²) in [6, 6.07) is 7.37. The van der Waals surface area contributed by atoms with Crippen molar-refractivity contribution in [3.63, 3.8) is 0 Å². The molecule has 0 atom stereocenters. The molecule has 0 aromatic heterocycles. The van der Waals surface area contributed by atoms with Crippen molar-refractivity contribution in [2.24, 2.45) is 0 Å². The zero-order valence-corrected chi connectivity index (χ0v) is 12.4. The topological polar surface area (TPSA) is 55.8 Å². The molecule has 0 radical (unpaired) electrons. The van der Waals surface area contributed by atoms with Crippen LogP contribution in [0.25, 0.3) is 0 Å². The molecule has 0 saturated carbocycles. The lowest BCUT2D eigenvalue weighted by Crippen LogP contribution is -2.43. The van der Waals surface area contributed by atoms with Crippen LogP contribution in [-0.4, -0.2) is 43.1 Å². The Labute approximate surface area is 119 Å². The van der Waals surface area contributed by atoms with E-state index in [2.05, 4.69) is 4.74 Å². The summed E-state index contributed by atoms with van der Waals surface area (Å²) in [5, 5.41) is 0. The van der Waals surface area contributed by atoms with Gasteiger partial charge in [-0.25, -0.2) is 0 Å². The molecule has 1 rings (SSSR count). The summed E-state index contributed by atoms with van der Waals surface area (Å²) >= 11 is 0. The minimum atomic E-state index is -0.442. The third-order valence-electron chi connectivity index (χ3n) is 2.82. The summed E-state index contributed by atoms with van der Waals surface area (Å²) in [4.78, 5) is 24.8. The Bertz CT molecular complexity index is 471. The maximum Gasteiger partial charge on any atom is 0.325 e. The van der Waals surface area contributed by atoms with Crippen LogP contribution < -0.4 is 4.74 Å². The first-order valence-electron chi connectivity index (χ1n) is 6.49. The standard InChI is InChI=1S/C15H21NO4/c1-11(2)16(9-15(18)19-4)14(17)10-20-13-7-5-6-12(3)8-13/h5-8,11H,9-10H2,1-4H3. The van der Waals surface area contributed by atoms with Gasteiger partial charge in [0.15, 0.2) is 6.61 Å². The normalized spacial score (nSPS) is 10.2. The molecule has 0 N–H and O–H groups in total. The Morgan fingerprint density at radius 3 is 2.55 bits per heavy atom. The van der Waals surface area contributed by atoms with Gasteiger partial charge in [-0.3, -0.25) is 9.59 Å². The lowest BCUT2D eigenvalue weighted by Gasteiger charge is -2.25. The minimum absolute atomic E-state index is 0.0653. The molecule has 0 heterocycles. The van der Waals surface area contributed by atoms with Gasteiger partial charge < -0.3 is 14.4 Å². The van der Waals surface area contributed by atoms with E-state index in [-0.39, 0.29) is 25.1 Å². The summed E-state index contributed by atoms with van der Waals surface area (Å²) < 4.78 is 10.0. The van der Waals surface area contributed by atoms with Crippen LogP contribution in [0.3, 0.4) is 0 Å². The second-order valence-corrected chi connectivity index (χ2v) is 4.80. The first-order chi connectivity index (χ1) is 9.43. The molecule has 0 bridgehead atoms. The molecule has 0 saturated heterocycles. The van der Waals surface area contributed by atoms with Crippen molar-refractivity contribution < 1.29 is 19.1 Å². The summed E-state index contributed by atoms with van der Waals surface area (Å²) in [6.07, 6.45) is 0. The van der Waals surface area contributed by atoms with E-state index in [0.717, 1.165) is 5.56 Å². The van der Waals surface area contributed by atoms with Crippen LogP contribution in [0, 0.1) is 6.92 Å². The maximum absolute atomic E-state index is 12.1. The van der Waals surface area contributed by atoms with E-state index in [1.807, 2.05) is 39.0 Å². The number of esters is 1. The van der Waals surface area contributed by atoms with Gasteiger partial charge in [-0.05, 0) is 38.5 Å². The lowest BCUT2D eigenvalue weighted by atomic mass is 10.2. The molecule has 20 heavy (non-hydrogen) atoms. The van der Waals surface area contributed by atoms with Crippen molar-refractivity contribution in [2.75, 3.05) is 20.3 Å². The van der Waals surface area contributed by atoms with Crippen molar-refractivity contribution in [3.8, 4) is 5.75 Å². The van der Waals surface area contributed by atoms with Crippen molar-refractivity contribution >= 4 is 11.9 Å². The number of nitrogens with zero attached hydrogens (tertiary/aromatic N) is 1. The molecule has 0 unspecified atom stereocenters. The Morgan fingerprint density at radius 1 is 1.30 bits per heavy atom. The summed E-state index contributed by atoms with van der Waals surface area (Å²) in [5.74, 6) is -0.0466. The molecule has 0 aliphatic carbocycles. The molecule has 1 aromatic rings. The fraction of sp³-hybridized carbons (Fsp3) is 0.467. The molecule has 5 heteroatoms. The van der Waals surface area contributed by atoms with E-state index in [4.69, 9.17) is 4.74 Å². The van der Waals surface area contributed by atoms with Crippen LogP contribution in [0.5, 0.6) is 5.75 Å². The van der Waals surface area contributed by atoms with Gasteiger partial charge in [0.25, 0.3) is 5.91 Å². The first-order valence-corrected chi connectivity index (χ1v) is 6.49. The molecule has 1 amide bonds. The number of carbonyl (C=O) groups excluding carboxylic acids is 2. The van der Waals surface area contributed by atoms with Crippen LogP contribution in [-0.2, 0) is 14.3 Å². The highest BCUT2D eigenvalue weighted by Crippen LogP contribution is 2.12. The Kier molecular flexibility index (Phi) is 6.03. The highest BCUT2D eigenvalue weighted by molar-refractivity contribution is 5.83. The number of benzene rings is 1. The Hall–Kier alpha value is -2.04. The zero-order valence-electron chi connectivity index (χ0n) is 12.4. The number of hydrogen-bond acceptors (Lipinski definition) is 4. The van der Waals surface area contributed by atoms with Gasteiger partial charge in [-0.1, -0.05) is 12.1 Å². The van der Waals surface area contributed by atoms with Crippen molar-refractivity contribution in [2.45, 2.75) is 26.8 Å². The number of ether oxygens (including phenoxy) is 2. The highest BCUT2D eigenvalue weighted by Gasteiger charge is 2.20. The molecule has 0 spiro atoms. The summed E-state index contributed by atoms with van der Waals surface area (Å²) in [7, 11) is 1.30. The predicted molar refractivity (Wildman–Crippen MR) is 75.5 cm³/mol. The Balaban J connectivity index is 2.60. The van der Waals surface area contributed by atoms with Gasteiger partial charge in [-0.15, -0.1) is 0 Å². The van der Waals surface area contributed by atoms with E-state index in [0.29, 0.717) is 5.75 Å². The average Bonchev–Trinajstić information content (AvgIpc) is 2.41. The molecular formula is C15H21NO4. The number of aryl methyl sites for hydroxylation is 1. The summed E-state index contributed by atoms with van der Waals surface area (Å²) in [5.41, 5.74) is 1.06. The Morgan fingerprint density at radius 2 is 2.00 bits per heavy atom. The number of rotatable bonds is 6. The molecule has 1 aromatic carbocycles. The van der Waals surface area contributed by atoms with E-state index in [1.54, 1.807) is 6.07 Å². The van der Waals surface area contributed by atoms with Crippen molar-refractivity contribution in [1.29, 1.82) is 0 Å². The van der Waals surface area contributed by atoms with Crippen LogP contribution >= 0.6 is 0 Å². The van der Waals surface area contributed by atoms with E-state index >= 15 is 0 Å². The van der Waals surface area contributed by atoms with Crippen LogP contribution in [0.1, 0.15) is 19.4 Å². The van der Waals surface area contributed by atoms with E-state index in [1.165, 1.54) is 12.0 Å². The summed E-state index contributed by atoms with van der Waals surface area (Å²) in [6.45, 7) is 5.47. The fourth-order valence-corrected chi connectivity index (χ4v) is 1.70. The molecule has 0 aliphatic rings. The third-order valence-corrected chi connectivity index (χ3v) is 2.82. The second-order valence-electron chi connectivity index (χ2n) is 4.80. The molecular weight excluding hydrogens is 258 g/mol. The van der Waals surface area contributed by atoms with E-state index in [9.17, 15) is 9.59 Å². The van der Waals surface area contributed by atoms with Crippen molar-refractivity contribution in [3.05, 3.63) is 29.8 Å². The quantitative estimate of drug-likeness (QED) is 0.745. The van der Waals surface area contributed by atoms with E-state index < -0.39 is 5.97 Å². The smallest absolute Gasteiger partial charge is 0.325 e. The zero-order chi connectivity index (χ0) is 15.1. The first kappa shape index (κ1) is 16.0. The largest absolute Gasteiger partial charge is 0.484 e. The monoisotopic (exact) mass is 279 g/mol. The number of hydrogen-bond donors (Lipinski definition) is 0. The van der Waals surface area contributed by atoms with Gasteiger partial charge >= 0.3 is 5.97 Å². The number of carbonyl (C=O) groups is 2. The van der Waals surface area contributed by atoms with Gasteiger partial charge in [0.1, 0.15) is 12.3 Å². The maximum atomic E-state index is 12.1. The SMILES string of the molecule is COC(=O)CN(C(=O)COc1cccc(C)c1)C(C)C. The van der Waals surface area contributed by atoms with Crippen LogP contribution in [0.15, 0.2) is 24.3 Å². The van der Waals surface area contributed by atoms with Gasteiger partial charge in [0.2, 0.25) is 0 Å². The minimum Gasteiger partial charge on any atom is -0.484 e. The number of amides is 1. The third kappa shape index (κ3) is 4.91. The molecule has 5 nitrogen and oxygen atoms in total. The van der Waals surface area contributed by atoms with Gasteiger partial charge in [-0.2, -0.15) is 0 Å². The lowest BCUT2D eigenvalue weighted by molar-refractivity contribution is -0.149.